The van der Waals surface area contributed by atoms with E-state index in [1.54, 1.807) is 0 Å². The lowest BCUT2D eigenvalue weighted by molar-refractivity contribution is 0.341. The second-order valence-electron chi connectivity index (χ2n) is 5.31. The van der Waals surface area contributed by atoms with Crippen LogP contribution in [0.25, 0.3) is 0 Å². The van der Waals surface area contributed by atoms with Crippen LogP contribution in [0.1, 0.15) is 32.1 Å². The third-order valence-electron chi connectivity index (χ3n) is 4.29. The van der Waals surface area contributed by atoms with Crippen molar-refractivity contribution in [2.45, 2.75) is 38.1 Å². The summed E-state index contributed by atoms with van der Waals surface area (Å²) in [5, 5.41) is 3.05. The molecular weight excluding hydrogens is 226 g/mol. The molecule has 5 nitrogen and oxygen atoms in total. The zero-order valence-electron chi connectivity index (χ0n) is 10.9. The third-order valence-corrected chi connectivity index (χ3v) is 4.29. The van der Waals surface area contributed by atoms with Crippen LogP contribution >= 0.6 is 0 Å². The van der Waals surface area contributed by atoms with Crippen molar-refractivity contribution in [1.29, 1.82) is 0 Å². The van der Waals surface area contributed by atoms with E-state index in [2.05, 4.69) is 20.2 Å². The molecule has 2 fully saturated rings. The predicted octanol–water partition coefficient (Wildman–Crippen LogP) is 1.87. The number of nitrogen functional groups attached to an aromatic ring is 1. The Balaban J connectivity index is 1.88. The van der Waals surface area contributed by atoms with Gasteiger partial charge in [-0.1, -0.05) is 12.8 Å². The van der Waals surface area contributed by atoms with E-state index in [0.717, 1.165) is 24.1 Å². The van der Waals surface area contributed by atoms with Gasteiger partial charge in [-0.2, -0.15) is 9.97 Å². The molecule has 18 heavy (non-hydrogen) atoms. The minimum absolute atomic E-state index is 0.358. The molecule has 3 N–H and O–H groups in total. The van der Waals surface area contributed by atoms with Crippen LogP contribution in [0, 0.1) is 5.92 Å². The molecule has 1 aromatic rings. The van der Waals surface area contributed by atoms with Crippen molar-refractivity contribution in [3.63, 3.8) is 0 Å². The molecule has 0 bridgehead atoms. The molecule has 0 radical (unpaired) electrons. The molecule has 0 aromatic carbocycles. The van der Waals surface area contributed by atoms with Gasteiger partial charge in [-0.3, -0.25) is 0 Å². The fourth-order valence-electron chi connectivity index (χ4n) is 3.42. The minimum atomic E-state index is 0.358. The molecule has 0 spiro atoms. The Labute approximate surface area is 108 Å². The number of anilines is 3. The van der Waals surface area contributed by atoms with E-state index in [-0.39, 0.29) is 0 Å². The van der Waals surface area contributed by atoms with Crippen LogP contribution in [0.3, 0.4) is 0 Å². The number of nitrogens with two attached hydrogens (primary N) is 1. The first-order valence-electron chi connectivity index (χ1n) is 6.87. The Kier molecular flexibility index (Phi) is 2.97. The number of fused-ring (bicyclic) bond motifs is 1. The normalized spacial score (nSPS) is 27.1. The van der Waals surface area contributed by atoms with Gasteiger partial charge in [0.25, 0.3) is 0 Å². The first kappa shape index (κ1) is 11.6. The summed E-state index contributed by atoms with van der Waals surface area (Å²) in [5.74, 6) is 3.00. The van der Waals surface area contributed by atoms with E-state index < -0.39 is 0 Å². The van der Waals surface area contributed by atoms with E-state index in [0.29, 0.717) is 12.0 Å². The van der Waals surface area contributed by atoms with Gasteiger partial charge in [0.1, 0.15) is 11.6 Å². The third kappa shape index (κ3) is 1.98. The van der Waals surface area contributed by atoms with Crippen LogP contribution in [0.4, 0.5) is 17.6 Å². The SMILES string of the molecule is CNc1cc(N2CCC3CCCCC32)nc(N)n1. The highest BCUT2D eigenvalue weighted by Gasteiger charge is 2.36. The standard InChI is InChI=1S/C13H21N5/c1-15-11-8-12(17-13(14)16-11)18-7-6-9-4-2-3-5-10(9)18/h8-10H,2-7H2,1H3,(H3,14,15,16,17). The molecule has 5 heteroatoms. The van der Waals surface area contributed by atoms with Gasteiger partial charge in [0.2, 0.25) is 5.95 Å². The van der Waals surface area contributed by atoms with Gasteiger partial charge < -0.3 is 16.0 Å². The van der Waals surface area contributed by atoms with Crippen molar-refractivity contribution >= 4 is 17.6 Å². The number of hydrogen-bond donors (Lipinski definition) is 2. The maximum atomic E-state index is 5.78. The topological polar surface area (TPSA) is 67.1 Å². The van der Waals surface area contributed by atoms with Crippen LogP contribution in [0.2, 0.25) is 0 Å². The number of nitrogens with one attached hydrogen (secondary N) is 1. The molecule has 2 unspecified atom stereocenters. The second-order valence-corrected chi connectivity index (χ2v) is 5.31. The molecule has 1 aromatic heterocycles. The molecule has 1 aliphatic heterocycles. The average Bonchev–Trinajstić information content (AvgIpc) is 2.81. The second kappa shape index (κ2) is 4.63. The first-order chi connectivity index (χ1) is 8.78. The van der Waals surface area contributed by atoms with Gasteiger partial charge in [0, 0.05) is 25.7 Å². The summed E-state index contributed by atoms with van der Waals surface area (Å²) in [6, 6.07) is 2.67. The maximum absolute atomic E-state index is 5.78. The molecule has 2 heterocycles. The Morgan fingerprint density at radius 1 is 1.28 bits per heavy atom. The summed E-state index contributed by atoms with van der Waals surface area (Å²) >= 11 is 0. The van der Waals surface area contributed by atoms with E-state index in [4.69, 9.17) is 5.73 Å². The Hall–Kier alpha value is -1.52. The van der Waals surface area contributed by atoms with E-state index >= 15 is 0 Å². The first-order valence-corrected chi connectivity index (χ1v) is 6.87. The molecule has 1 saturated carbocycles. The van der Waals surface area contributed by atoms with Crippen LogP contribution in [-0.2, 0) is 0 Å². The summed E-state index contributed by atoms with van der Waals surface area (Å²) < 4.78 is 0. The van der Waals surface area contributed by atoms with Gasteiger partial charge in [0.05, 0.1) is 0 Å². The fourth-order valence-corrected chi connectivity index (χ4v) is 3.42. The van der Waals surface area contributed by atoms with Gasteiger partial charge in [-0.15, -0.1) is 0 Å². The molecule has 1 saturated heterocycles. The molecule has 0 amide bonds. The van der Waals surface area contributed by atoms with Crippen LogP contribution < -0.4 is 16.0 Å². The fraction of sp³-hybridized carbons (Fsp3) is 0.692. The van der Waals surface area contributed by atoms with Gasteiger partial charge in [-0.25, -0.2) is 0 Å². The highest BCUT2D eigenvalue weighted by Crippen LogP contribution is 2.38. The van der Waals surface area contributed by atoms with Crippen molar-refractivity contribution in [2.75, 3.05) is 29.5 Å². The maximum Gasteiger partial charge on any atom is 0.223 e. The zero-order chi connectivity index (χ0) is 12.5. The average molecular weight is 247 g/mol. The van der Waals surface area contributed by atoms with Crippen molar-refractivity contribution in [2.24, 2.45) is 5.92 Å². The minimum Gasteiger partial charge on any atom is -0.373 e. The summed E-state index contributed by atoms with van der Waals surface area (Å²) in [6.07, 6.45) is 6.70. The molecule has 2 atom stereocenters. The largest absolute Gasteiger partial charge is 0.373 e. The quantitative estimate of drug-likeness (QED) is 0.835. The monoisotopic (exact) mass is 247 g/mol. The van der Waals surface area contributed by atoms with Gasteiger partial charge in [0.15, 0.2) is 0 Å². The predicted molar refractivity (Wildman–Crippen MR) is 73.7 cm³/mol. The van der Waals surface area contributed by atoms with Crippen LogP contribution in [-0.4, -0.2) is 29.6 Å². The molecule has 1 aliphatic carbocycles. The van der Waals surface area contributed by atoms with E-state index in [9.17, 15) is 0 Å². The molecule has 3 rings (SSSR count). The van der Waals surface area contributed by atoms with Crippen molar-refractivity contribution in [3.05, 3.63) is 6.07 Å². The number of nitrogens with zero attached hydrogens (tertiary/aromatic N) is 3. The van der Waals surface area contributed by atoms with Crippen LogP contribution in [0.15, 0.2) is 6.07 Å². The lowest BCUT2D eigenvalue weighted by Gasteiger charge is -2.32. The summed E-state index contributed by atoms with van der Waals surface area (Å²) in [7, 11) is 1.86. The molecule has 98 valence electrons. The molecular formula is C13H21N5. The zero-order valence-corrected chi connectivity index (χ0v) is 10.9. The summed E-state index contributed by atoms with van der Waals surface area (Å²) in [4.78, 5) is 11.0. The Bertz CT molecular complexity index is 433. The highest BCUT2D eigenvalue weighted by molar-refractivity contribution is 5.53. The lowest BCUT2D eigenvalue weighted by atomic mass is 9.85. The van der Waals surface area contributed by atoms with E-state index in [1.165, 1.54) is 32.1 Å². The molecule has 2 aliphatic rings. The van der Waals surface area contributed by atoms with Crippen LogP contribution in [0.5, 0.6) is 0 Å². The lowest BCUT2D eigenvalue weighted by Crippen LogP contribution is -2.35. The smallest absolute Gasteiger partial charge is 0.223 e. The van der Waals surface area contributed by atoms with Gasteiger partial charge in [-0.05, 0) is 25.2 Å². The Morgan fingerprint density at radius 2 is 2.11 bits per heavy atom. The summed E-state index contributed by atoms with van der Waals surface area (Å²) in [6.45, 7) is 1.11. The van der Waals surface area contributed by atoms with Crippen molar-refractivity contribution < 1.29 is 0 Å². The van der Waals surface area contributed by atoms with Gasteiger partial charge >= 0.3 is 0 Å². The number of rotatable bonds is 2. The number of hydrogen-bond acceptors (Lipinski definition) is 5. The van der Waals surface area contributed by atoms with E-state index in [1.807, 2.05) is 13.1 Å². The highest BCUT2D eigenvalue weighted by atomic mass is 15.3. The summed E-state index contributed by atoms with van der Waals surface area (Å²) in [5.41, 5.74) is 5.78. The number of aromatic nitrogens is 2. The Morgan fingerprint density at radius 3 is 2.94 bits per heavy atom. The van der Waals surface area contributed by atoms with Crippen molar-refractivity contribution in [1.82, 2.24) is 9.97 Å². The van der Waals surface area contributed by atoms with Crippen molar-refractivity contribution in [3.8, 4) is 0 Å².